The van der Waals surface area contributed by atoms with Gasteiger partial charge in [-0.1, -0.05) is 27.5 Å². The van der Waals surface area contributed by atoms with E-state index in [2.05, 4.69) is 31.5 Å². The van der Waals surface area contributed by atoms with E-state index in [0.717, 1.165) is 15.4 Å². The molecule has 3 aromatic rings. The molecule has 3 rings (SSSR count). The van der Waals surface area contributed by atoms with Crippen molar-refractivity contribution in [3.8, 4) is 0 Å². The summed E-state index contributed by atoms with van der Waals surface area (Å²) in [5, 5.41) is 6.57. The van der Waals surface area contributed by atoms with Gasteiger partial charge in [0.15, 0.2) is 0 Å². The maximum atomic E-state index is 12.3. The molecule has 0 spiro atoms. The topological polar surface area (TPSA) is 71.1 Å². The lowest BCUT2D eigenvalue weighted by Crippen LogP contribution is -2.32. The Hall–Kier alpha value is -2.44. The second-order valence-corrected chi connectivity index (χ2v) is 6.98. The maximum Gasteiger partial charge on any atom is 0.251 e. The molecule has 0 saturated carbocycles. The van der Waals surface area contributed by atoms with E-state index in [-0.39, 0.29) is 18.4 Å². The summed E-state index contributed by atoms with van der Waals surface area (Å²) in [6.45, 7) is 1.81. The molecule has 1 heterocycles. The van der Waals surface area contributed by atoms with Crippen molar-refractivity contribution in [2.24, 2.45) is 0 Å². The predicted molar refractivity (Wildman–Crippen MR) is 107 cm³/mol. The Morgan fingerprint density at radius 3 is 2.69 bits per heavy atom. The van der Waals surface area contributed by atoms with Gasteiger partial charge in [-0.2, -0.15) is 0 Å². The average molecular weight is 433 g/mol. The lowest BCUT2D eigenvalue weighted by atomic mass is 10.1. The minimum absolute atomic E-state index is 0.120. The van der Waals surface area contributed by atoms with Crippen molar-refractivity contribution in [2.75, 3.05) is 11.9 Å². The zero-order chi connectivity index (χ0) is 18.7. The van der Waals surface area contributed by atoms with Crippen molar-refractivity contribution >= 4 is 55.9 Å². The standard InChI is InChI=1S/C19H15BrClN3O2/c1-11-8-14(4-5-15(11)20)23-18(25)10-22-19(26)13-2-6-16-12(9-13)3-7-17(21)24-16/h2-9H,10H2,1H3,(H,22,26)(H,23,25). The van der Waals surface area contributed by atoms with Gasteiger partial charge in [-0.25, -0.2) is 4.98 Å². The number of aromatic nitrogens is 1. The molecule has 0 saturated heterocycles. The molecule has 0 aliphatic carbocycles. The van der Waals surface area contributed by atoms with E-state index in [1.807, 2.05) is 19.1 Å². The Bertz CT molecular complexity index is 1010. The van der Waals surface area contributed by atoms with Crippen LogP contribution in [0.25, 0.3) is 10.9 Å². The minimum atomic E-state index is -0.330. The number of anilines is 1. The number of halogens is 2. The molecule has 0 fully saturated rings. The summed E-state index contributed by atoms with van der Waals surface area (Å²) < 4.78 is 0.968. The highest BCUT2D eigenvalue weighted by atomic mass is 79.9. The number of nitrogens with zero attached hydrogens (tertiary/aromatic N) is 1. The third kappa shape index (κ3) is 4.39. The molecule has 26 heavy (non-hydrogen) atoms. The maximum absolute atomic E-state index is 12.3. The second kappa shape index (κ2) is 7.85. The first-order valence-electron chi connectivity index (χ1n) is 7.83. The number of aryl methyl sites for hydroxylation is 1. The summed E-state index contributed by atoms with van der Waals surface area (Å²) in [4.78, 5) is 28.5. The van der Waals surface area contributed by atoms with Crippen molar-refractivity contribution in [2.45, 2.75) is 6.92 Å². The molecule has 0 unspecified atom stereocenters. The van der Waals surface area contributed by atoms with Gasteiger partial charge in [0.1, 0.15) is 5.15 Å². The molecule has 0 bridgehead atoms. The quantitative estimate of drug-likeness (QED) is 0.603. The highest BCUT2D eigenvalue weighted by Crippen LogP contribution is 2.20. The first-order chi connectivity index (χ1) is 12.4. The van der Waals surface area contributed by atoms with Crippen LogP contribution in [0.2, 0.25) is 5.15 Å². The van der Waals surface area contributed by atoms with Gasteiger partial charge in [0, 0.05) is 21.1 Å². The molecule has 0 aliphatic heterocycles. The van der Waals surface area contributed by atoms with Crippen LogP contribution in [-0.4, -0.2) is 23.3 Å². The lowest BCUT2D eigenvalue weighted by Gasteiger charge is -2.09. The summed E-state index contributed by atoms with van der Waals surface area (Å²) >= 11 is 9.26. The van der Waals surface area contributed by atoms with Crippen molar-refractivity contribution < 1.29 is 9.59 Å². The third-order valence-corrected chi connectivity index (χ3v) is 4.87. The highest BCUT2D eigenvalue weighted by molar-refractivity contribution is 9.10. The number of benzene rings is 2. The fourth-order valence-electron chi connectivity index (χ4n) is 2.43. The molecule has 5 nitrogen and oxygen atoms in total. The van der Waals surface area contributed by atoms with Crippen LogP contribution >= 0.6 is 27.5 Å². The highest BCUT2D eigenvalue weighted by Gasteiger charge is 2.10. The van der Waals surface area contributed by atoms with Crippen LogP contribution in [0.1, 0.15) is 15.9 Å². The third-order valence-electron chi connectivity index (χ3n) is 3.77. The van der Waals surface area contributed by atoms with Gasteiger partial charge >= 0.3 is 0 Å². The van der Waals surface area contributed by atoms with E-state index in [4.69, 9.17) is 11.6 Å². The van der Waals surface area contributed by atoms with Gasteiger partial charge in [0.25, 0.3) is 5.91 Å². The van der Waals surface area contributed by atoms with E-state index < -0.39 is 0 Å². The average Bonchev–Trinajstić information content (AvgIpc) is 2.62. The van der Waals surface area contributed by atoms with Gasteiger partial charge in [-0.3, -0.25) is 9.59 Å². The zero-order valence-corrected chi connectivity index (χ0v) is 16.2. The summed E-state index contributed by atoms with van der Waals surface area (Å²) in [6.07, 6.45) is 0. The number of rotatable bonds is 4. The summed E-state index contributed by atoms with van der Waals surface area (Å²) in [5.74, 6) is -0.627. The Morgan fingerprint density at radius 2 is 1.92 bits per heavy atom. The zero-order valence-electron chi connectivity index (χ0n) is 13.8. The van der Waals surface area contributed by atoms with Crippen LogP contribution in [0.15, 0.2) is 53.0 Å². The largest absolute Gasteiger partial charge is 0.343 e. The monoisotopic (exact) mass is 431 g/mol. The van der Waals surface area contributed by atoms with E-state index in [0.29, 0.717) is 21.9 Å². The van der Waals surface area contributed by atoms with Gasteiger partial charge in [0.05, 0.1) is 12.1 Å². The number of carbonyl (C=O) groups excluding carboxylic acids is 2. The number of fused-ring (bicyclic) bond motifs is 1. The Labute approximate surface area is 163 Å². The molecule has 0 atom stereocenters. The molecular formula is C19H15BrClN3O2. The molecule has 0 radical (unpaired) electrons. The van der Waals surface area contributed by atoms with Crippen LogP contribution in [0.3, 0.4) is 0 Å². The SMILES string of the molecule is Cc1cc(NC(=O)CNC(=O)c2ccc3nc(Cl)ccc3c2)ccc1Br. The molecule has 0 aliphatic rings. The number of hydrogen-bond acceptors (Lipinski definition) is 3. The molecule has 132 valence electrons. The number of carbonyl (C=O) groups is 2. The van der Waals surface area contributed by atoms with Crippen molar-refractivity contribution in [3.63, 3.8) is 0 Å². The summed E-state index contributed by atoms with van der Waals surface area (Å²) in [6, 6.07) is 14.0. The number of amides is 2. The van der Waals surface area contributed by atoms with Crippen LogP contribution in [0.4, 0.5) is 5.69 Å². The van der Waals surface area contributed by atoms with E-state index >= 15 is 0 Å². The Kier molecular flexibility index (Phi) is 5.54. The Balaban J connectivity index is 1.61. The van der Waals surface area contributed by atoms with Gasteiger partial charge in [0.2, 0.25) is 5.91 Å². The molecular weight excluding hydrogens is 418 g/mol. The molecule has 7 heteroatoms. The van der Waals surface area contributed by atoms with Gasteiger partial charge in [-0.15, -0.1) is 0 Å². The van der Waals surface area contributed by atoms with E-state index in [1.165, 1.54) is 0 Å². The van der Waals surface area contributed by atoms with Crippen LogP contribution in [-0.2, 0) is 4.79 Å². The number of pyridine rings is 1. The first-order valence-corrected chi connectivity index (χ1v) is 9.00. The summed E-state index contributed by atoms with van der Waals surface area (Å²) in [5.41, 5.74) is 2.85. The minimum Gasteiger partial charge on any atom is -0.343 e. The van der Waals surface area contributed by atoms with Crippen molar-refractivity contribution in [1.82, 2.24) is 10.3 Å². The molecule has 2 amide bonds. The first kappa shape index (κ1) is 18.4. The molecule has 1 aromatic heterocycles. The smallest absolute Gasteiger partial charge is 0.251 e. The number of hydrogen-bond donors (Lipinski definition) is 2. The van der Waals surface area contributed by atoms with Crippen LogP contribution in [0, 0.1) is 6.92 Å². The fourth-order valence-corrected chi connectivity index (χ4v) is 2.83. The van der Waals surface area contributed by atoms with Crippen LogP contribution in [0.5, 0.6) is 0 Å². The lowest BCUT2D eigenvalue weighted by molar-refractivity contribution is -0.115. The van der Waals surface area contributed by atoms with Crippen molar-refractivity contribution in [3.05, 3.63) is 69.3 Å². The van der Waals surface area contributed by atoms with Crippen molar-refractivity contribution in [1.29, 1.82) is 0 Å². The van der Waals surface area contributed by atoms with Crippen LogP contribution < -0.4 is 10.6 Å². The molecule has 2 N–H and O–H groups in total. The van der Waals surface area contributed by atoms with E-state index in [1.54, 1.807) is 36.4 Å². The molecule has 2 aromatic carbocycles. The number of nitrogens with one attached hydrogen (secondary N) is 2. The predicted octanol–water partition coefficient (Wildman–Crippen LogP) is 4.33. The van der Waals surface area contributed by atoms with Gasteiger partial charge in [-0.05, 0) is 61.0 Å². The van der Waals surface area contributed by atoms with E-state index in [9.17, 15) is 9.59 Å². The fraction of sp³-hybridized carbons (Fsp3) is 0.105. The Morgan fingerprint density at radius 1 is 1.12 bits per heavy atom. The van der Waals surface area contributed by atoms with Gasteiger partial charge < -0.3 is 10.6 Å². The summed E-state index contributed by atoms with van der Waals surface area (Å²) in [7, 11) is 0. The normalized spacial score (nSPS) is 10.6. The second-order valence-electron chi connectivity index (χ2n) is 5.74.